The second kappa shape index (κ2) is 9.16. The van der Waals surface area contributed by atoms with E-state index in [1.54, 1.807) is 17.3 Å². The van der Waals surface area contributed by atoms with E-state index in [1.807, 2.05) is 42.5 Å². The summed E-state index contributed by atoms with van der Waals surface area (Å²) in [5.74, 6) is -0.517. The van der Waals surface area contributed by atoms with Gasteiger partial charge in [0.25, 0.3) is 5.91 Å². The molecule has 156 valence electrons. The van der Waals surface area contributed by atoms with Gasteiger partial charge >= 0.3 is 0 Å². The Labute approximate surface area is 188 Å². The first-order valence-electron chi connectivity index (χ1n) is 9.33. The zero-order valence-corrected chi connectivity index (χ0v) is 17.7. The molecule has 4 rings (SSSR count). The van der Waals surface area contributed by atoms with Crippen molar-refractivity contribution in [3.63, 3.8) is 0 Å². The van der Waals surface area contributed by atoms with Gasteiger partial charge in [0.15, 0.2) is 5.75 Å². The fraction of sp³-hybridized carbons (Fsp3) is 0.0909. The monoisotopic (exact) mass is 453 g/mol. The van der Waals surface area contributed by atoms with Gasteiger partial charge in [-0.15, -0.1) is 5.10 Å². The van der Waals surface area contributed by atoms with E-state index in [-0.39, 0.29) is 27.5 Å². The van der Waals surface area contributed by atoms with Crippen LogP contribution in [0.4, 0.5) is 0 Å². The van der Waals surface area contributed by atoms with Gasteiger partial charge in [-0.25, -0.2) is 9.67 Å². The minimum atomic E-state index is -0.331. The highest BCUT2D eigenvalue weighted by atomic mass is 35.5. The largest absolute Gasteiger partial charge is 0.505 e. The molecule has 0 atom stereocenters. The summed E-state index contributed by atoms with van der Waals surface area (Å²) in [4.78, 5) is 23.2. The number of rotatable bonds is 6. The van der Waals surface area contributed by atoms with Crippen LogP contribution >= 0.6 is 23.2 Å². The Balaban J connectivity index is 1.62. The molecule has 2 heterocycles. The van der Waals surface area contributed by atoms with Gasteiger partial charge in [-0.2, -0.15) is 0 Å². The molecule has 1 amide bonds. The van der Waals surface area contributed by atoms with Crippen molar-refractivity contribution in [3.8, 4) is 11.4 Å². The third-order valence-electron chi connectivity index (χ3n) is 4.55. The summed E-state index contributed by atoms with van der Waals surface area (Å²) in [6.07, 6.45) is 4.80. The lowest BCUT2D eigenvalue weighted by atomic mass is 10.2. The SMILES string of the molecule is O=C(c1ncn(-c2cc(Cl)c(O)c(Cl)c2)n1)N(Cc1ccccc1)Cc1cccnc1. The predicted molar refractivity (Wildman–Crippen MR) is 117 cm³/mol. The topological polar surface area (TPSA) is 84.1 Å². The molecule has 0 fully saturated rings. The van der Waals surface area contributed by atoms with Crippen LogP contribution in [-0.2, 0) is 13.1 Å². The summed E-state index contributed by atoms with van der Waals surface area (Å²) >= 11 is 12.0. The van der Waals surface area contributed by atoms with Gasteiger partial charge in [-0.1, -0.05) is 59.6 Å². The molecule has 0 unspecified atom stereocenters. The number of hydrogen-bond donors (Lipinski definition) is 1. The lowest BCUT2D eigenvalue weighted by Crippen LogP contribution is -2.31. The van der Waals surface area contributed by atoms with E-state index in [0.29, 0.717) is 18.8 Å². The molecule has 0 aliphatic rings. The van der Waals surface area contributed by atoms with Crippen LogP contribution in [0.3, 0.4) is 0 Å². The number of aromatic hydroxyl groups is 1. The molecule has 2 aromatic heterocycles. The van der Waals surface area contributed by atoms with Crippen molar-refractivity contribution in [2.24, 2.45) is 0 Å². The van der Waals surface area contributed by atoms with Crippen LogP contribution in [0.15, 0.2) is 73.3 Å². The lowest BCUT2D eigenvalue weighted by molar-refractivity contribution is 0.0717. The fourth-order valence-corrected chi connectivity index (χ4v) is 3.50. The Morgan fingerprint density at radius 3 is 2.35 bits per heavy atom. The lowest BCUT2D eigenvalue weighted by Gasteiger charge is -2.21. The summed E-state index contributed by atoms with van der Waals surface area (Å²) < 4.78 is 1.38. The highest BCUT2D eigenvalue weighted by Crippen LogP contribution is 2.33. The zero-order chi connectivity index (χ0) is 21.8. The number of carbonyl (C=O) groups is 1. The molecule has 1 N–H and O–H groups in total. The number of aromatic nitrogens is 4. The van der Waals surface area contributed by atoms with Crippen molar-refractivity contribution >= 4 is 29.1 Å². The van der Waals surface area contributed by atoms with Crippen molar-refractivity contribution in [2.45, 2.75) is 13.1 Å². The molecule has 0 aliphatic carbocycles. The molecular weight excluding hydrogens is 437 g/mol. The van der Waals surface area contributed by atoms with E-state index in [0.717, 1.165) is 11.1 Å². The van der Waals surface area contributed by atoms with Gasteiger partial charge in [0.05, 0.1) is 15.7 Å². The van der Waals surface area contributed by atoms with Crippen LogP contribution in [0, 0.1) is 0 Å². The van der Waals surface area contributed by atoms with Crippen molar-refractivity contribution in [3.05, 3.63) is 100 Å². The van der Waals surface area contributed by atoms with Crippen molar-refractivity contribution in [2.75, 3.05) is 0 Å². The summed E-state index contributed by atoms with van der Waals surface area (Å²) in [6.45, 7) is 0.743. The highest BCUT2D eigenvalue weighted by molar-refractivity contribution is 6.37. The Morgan fingerprint density at radius 1 is 1.00 bits per heavy atom. The third kappa shape index (κ3) is 4.84. The molecule has 0 aliphatic heterocycles. The number of phenols is 1. The maximum absolute atomic E-state index is 13.3. The summed E-state index contributed by atoms with van der Waals surface area (Å²) in [6, 6.07) is 16.4. The molecular formula is C22H17Cl2N5O2. The minimum Gasteiger partial charge on any atom is -0.505 e. The number of halogens is 2. The standard InChI is InChI=1S/C22H17Cl2N5O2/c23-18-9-17(10-19(24)20(18)30)29-14-26-21(27-29)22(31)28(12-15-5-2-1-3-6-15)13-16-7-4-8-25-11-16/h1-11,14,30H,12-13H2. The van der Waals surface area contributed by atoms with E-state index in [4.69, 9.17) is 23.2 Å². The summed E-state index contributed by atoms with van der Waals surface area (Å²) in [7, 11) is 0. The van der Waals surface area contributed by atoms with Crippen LogP contribution in [0.25, 0.3) is 5.69 Å². The molecule has 9 heteroatoms. The highest BCUT2D eigenvalue weighted by Gasteiger charge is 2.21. The van der Waals surface area contributed by atoms with Crippen molar-refractivity contribution < 1.29 is 9.90 Å². The smallest absolute Gasteiger partial charge is 0.294 e. The number of nitrogens with zero attached hydrogens (tertiary/aromatic N) is 5. The van der Waals surface area contributed by atoms with Crippen LogP contribution in [-0.4, -0.2) is 35.7 Å². The van der Waals surface area contributed by atoms with E-state index in [9.17, 15) is 9.90 Å². The van der Waals surface area contributed by atoms with Gasteiger partial charge in [0.2, 0.25) is 5.82 Å². The number of amides is 1. The van der Waals surface area contributed by atoms with Crippen LogP contribution < -0.4 is 0 Å². The van der Waals surface area contributed by atoms with Crippen molar-refractivity contribution in [1.29, 1.82) is 0 Å². The van der Waals surface area contributed by atoms with E-state index in [1.165, 1.54) is 23.1 Å². The molecule has 0 saturated heterocycles. The van der Waals surface area contributed by atoms with Gasteiger partial charge in [0.1, 0.15) is 6.33 Å². The first-order valence-corrected chi connectivity index (χ1v) is 10.1. The quantitative estimate of drug-likeness (QED) is 0.463. The number of phenolic OH excluding ortho intramolecular Hbond substituents is 1. The Bertz CT molecular complexity index is 1130. The number of benzene rings is 2. The molecule has 2 aromatic carbocycles. The number of hydrogen-bond acceptors (Lipinski definition) is 5. The fourth-order valence-electron chi connectivity index (χ4n) is 3.03. The molecule has 0 bridgehead atoms. The predicted octanol–water partition coefficient (Wildman–Crippen LogP) is 4.52. The average molecular weight is 454 g/mol. The maximum Gasteiger partial charge on any atom is 0.294 e. The Morgan fingerprint density at radius 2 is 1.68 bits per heavy atom. The van der Waals surface area contributed by atoms with E-state index in [2.05, 4.69) is 15.1 Å². The normalized spacial score (nSPS) is 10.8. The first kappa shape index (κ1) is 20.8. The first-order chi connectivity index (χ1) is 15.0. The molecule has 0 saturated carbocycles. The second-order valence-corrected chi connectivity index (χ2v) is 7.59. The molecule has 4 aromatic rings. The number of pyridine rings is 1. The number of carbonyl (C=O) groups excluding carboxylic acids is 1. The van der Waals surface area contributed by atoms with Gasteiger partial charge in [0, 0.05) is 25.5 Å². The Hall–Kier alpha value is -3.42. The van der Waals surface area contributed by atoms with E-state index >= 15 is 0 Å². The van der Waals surface area contributed by atoms with Crippen LogP contribution in [0.5, 0.6) is 5.75 Å². The maximum atomic E-state index is 13.3. The average Bonchev–Trinajstić information content (AvgIpc) is 3.28. The Kier molecular flexibility index (Phi) is 6.16. The minimum absolute atomic E-state index is 0.0279. The summed E-state index contributed by atoms with van der Waals surface area (Å²) in [5.41, 5.74) is 2.35. The van der Waals surface area contributed by atoms with E-state index < -0.39 is 0 Å². The third-order valence-corrected chi connectivity index (χ3v) is 5.13. The van der Waals surface area contributed by atoms with Gasteiger partial charge in [-0.3, -0.25) is 9.78 Å². The molecule has 0 spiro atoms. The molecule has 31 heavy (non-hydrogen) atoms. The second-order valence-electron chi connectivity index (χ2n) is 6.78. The molecule has 0 radical (unpaired) electrons. The van der Waals surface area contributed by atoms with Crippen LogP contribution in [0.2, 0.25) is 10.0 Å². The van der Waals surface area contributed by atoms with Crippen molar-refractivity contribution in [1.82, 2.24) is 24.6 Å². The van der Waals surface area contributed by atoms with Gasteiger partial charge < -0.3 is 10.0 Å². The molecule has 7 nitrogen and oxygen atoms in total. The zero-order valence-electron chi connectivity index (χ0n) is 16.2. The summed E-state index contributed by atoms with van der Waals surface area (Å²) in [5, 5.41) is 14.2. The van der Waals surface area contributed by atoms with Crippen LogP contribution in [0.1, 0.15) is 21.7 Å². The van der Waals surface area contributed by atoms with Gasteiger partial charge in [-0.05, 0) is 29.3 Å².